The highest BCUT2D eigenvalue weighted by Crippen LogP contribution is 2.44. The Morgan fingerprint density at radius 1 is 0.333 bits per heavy atom. The van der Waals surface area contributed by atoms with E-state index < -0.39 is 0 Å². The lowest BCUT2D eigenvalue weighted by atomic mass is 9.97. The number of aromatic nitrogens is 1. The molecular formula is C54H36N2S. The average molecular weight is 745 g/mol. The molecule has 0 fully saturated rings. The molecule has 268 valence electrons. The van der Waals surface area contributed by atoms with E-state index in [0.29, 0.717) is 0 Å². The molecule has 9 aromatic carbocycles. The second-order valence-corrected chi connectivity index (χ2v) is 15.6. The van der Waals surface area contributed by atoms with Gasteiger partial charge >= 0.3 is 0 Å². The Hall–Kier alpha value is -7.20. The summed E-state index contributed by atoms with van der Waals surface area (Å²) in [4.78, 5) is 2.40. The number of hydrogen-bond donors (Lipinski definition) is 0. The Labute approximate surface area is 335 Å². The molecule has 0 amide bonds. The van der Waals surface area contributed by atoms with Crippen LogP contribution in [0.15, 0.2) is 218 Å². The van der Waals surface area contributed by atoms with Gasteiger partial charge in [-0.15, -0.1) is 11.3 Å². The van der Waals surface area contributed by atoms with Gasteiger partial charge in [-0.05, 0) is 107 Å². The lowest BCUT2D eigenvalue weighted by Gasteiger charge is -2.28. The fraction of sp³-hybridized carbons (Fsp3) is 0. The van der Waals surface area contributed by atoms with Gasteiger partial charge in [-0.3, -0.25) is 0 Å². The monoisotopic (exact) mass is 744 g/mol. The van der Waals surface area contributed by atoms with Crippen molar-refractivity contribution in [3.8, 4) is 39.1 Å². The summed E-state index contributed by atoms with van der Waals surface area (Å²) < 4.78 is 5.07. The number of hydrogen-bond acceptors (Lipinski definition) is 2. The van der Waals surface area contributed by atoms with Crippen molar-refractivity contribution < 1.29 is 0 Å². The van der Waals surface area contributed by atoms with Crippen LogP contribution in [-0.2, 0) is 0 Å². The Balaban J connectivity index is 1.05. The first kappa shape index (κ1) is 33.2. The maximum Gasteiger partial charge on any atom is 0.0541 e. The molecule has 2 nitrogen and oxygen atoms in total. The van der Waals surface area contributed by atoms with Gasteiger partial charge in [0.25, 0.3) is 0 Å². The van der Waals surface area contributed by atoms with E-state index in [1.807, 2.05) is 11.3 Å². The van der Waals surface area contributed by atoms with Crippen LogP contribution < -0.4 is 4.90 Å². The Morgan fingerprint density at radius 2 is 0.947 bits per heavy atom. The van der Waals surface area contributed by atoms with Gasteiger partial charge in [0.15, 0.2) is 0 Å². The summed E-state index contributed by atoms with van der Waals surface area (Å²) in [7, 11) is 0. The van der Waals surface area contributed by atoms with Crippen LogP contribution in [-0.4, -0.2) is 4.57 Å². The Bertz CT molecular complexity index is 3250. The molecule has 0 aliphatic rings. The van der Waals surface area contributed by atoms with E-state index in [-0.39, 0.29) is 0 Å². The van der Waals surface area contributed by atoms with Crippen molar-refractivity contribution in [2.24, 2.45) is 0 Å². The van der Waals surface area contributed by atoms with Crippen molar-refractivity contribution in [1.82, 2.24) is 4.57 Å². The summed E-state index contributed by atoms with van der Waals surface area (Å²) in [6, 6.07) is 79.4. The number of thiophene rings is 1. The maximum atomic E-state index is 2.43. The summed E-state index contributed by atoms with van der Waals surface area (Å²) in [5, 5.41) is 5.10. The van der Waals surface area contributed by atoms with Gasteiger partial charge in [-0.2, -0.15) is 0 Å². The zero-order valence-electron chi connectivity index (χ0n) is 31.1. The molecule has 0 saturated heterocycles. The van der Waals surface area contributed by atoms with E-state index in [9.17, 15) is 0 Å². The molecular weight excluding hydrogens is 709 g/mol. The Morgan fingerprint density at radius 3 is 1.81 bits per heavy atom. The van der Waals surface area contributed by atoms with Gasteiger partial charge in [0.1, 0.15) is 0 Å². The normalized spacial score (nSPS) is 11.5. The van der Waals surface area contributed by atoms with Crippen molar-refractivity contribution >= 4 is 70.4 Å². The molecule has 0 radical (unpaired) electrons. The average Bonchev–Trinajstić information content (AvgIpc) is 3.82. The van der Waals surface area contributed by atoms with Crippen LogP contribution in [0.1, 0.15) is 0 Å². The van der Waals surface area contributed by atoms with Crippen LogP contribution in [0.25, 0.3) is 81.0 Å². The minimum atomic E-state index is 1.10. The third-order valence-electron chi connectivity index (χ3n) is 11.2. The molecule has 11 aromatic rings. The number of rotatable bonds is 7. The highest BCUT2D eigenvalue weighted by molar-refractivity contribution is 7.25. The number of fused-ring (bicyclic) bond motifs is 6. The van der Waals surface area contributed by atoms with E-state index in [1.165, 1.54) is 81.0 Å². The molecule has 2 aromatic heterocycles. The van der Waals surface area contributed by atoms with Crippen LogP contribution in [0.4, 0.5) is 17.1 Å². The molecule has 0 spiro atoms. The Kier molecular flexibility index (Phi) is 8.04. The molecule has 0 atom stereocenters. The smallest absolute Gasteiger partial charge is 0.0541 e. The molecule has 0 N–H and O–H groups in total. The third kappa shape index (κ3) is 5.80. The van der Waals surface area contributed by atoms with Crippen molar-refractivity contribution in [3.05, 3.63) is 218 Å². The lowest BCUT2D eigenvalue weighted by molar-refractivity contribution is 1.19. The van der Waals surface area contributed by atoms with E-state index in [4.69, 9.17) is 0 Å². The fourth-order valence-corrected chi connectivity index (χ4v) is 9.61. The second-order valence-electron chi connectivity index (χ2n) is 14.5. The van der Waals surface area contributed by atoms with Crippen LogP contribution in [0.5, 0.6) is 0 Å². The molecule has 0 unspecified atom stereocenters. The lowest BCUT2D eigenvalue weighted by Crippen LogP contribution is -2.11. The highest BCUT2D eigenvalue weighted by Gasteiger charge is 2.20. The quantitative estimate of drug-likeness (QED) is 0.158. The summed E-state index contributed by atoms with van der Waals surface area (Å²) in [6.07, 6.45) is 0. The van der Waals surface area contributed by atoms with E-state index in [1.54, 1.807) is 0 Å². The SMILES string of the molecule is c1ccc(-c2cccc(-c3cccc(N(c4ccccc4)c4ccccc4-c4ccc5c(c4)c4ccccc4n5-c4ccc5sc6ccccc6c5c4)c3)c2)cc1. The molecule has 0 saturated carbocycles. The van der Waals surface area contributed by atoms with E-state index in [2.05, 4.69) is 228 Å². The van der Waals surface area contributed by atoms with Crippen LogP contribution in [0.2, 0.25) is 0 Å². The van der Waals surface area contributed by atoms with Crippen LogP contribution >= 0.6 is 11.3 Å². The zero-order valence-corrected chi connectivity index (χ0v) is 31.9. The van der Waals surface area contributed by atoms with Gasteiger partial charge in [0, 0.05) is 53.6 Å². The zero-order chi connectivity index (χ0) is 37.7. The maximum absolute atomic E-state index is 2.43. The summed E-state index contributed by atoms with van der Waals surface area (Å²) in [6.45, 7) is 0. The van der Waals surface area contributed by atoms with Crippen molar-refractivity contribution in [1.29, 1.82) is 0 Å². The largest absolute Gasteiger partial charge is 0.310 e. The molecule has 3 heteroatoms. The van der Waals surface area contributed by atoms with Gasteiger partial charge < -0.3 is 9.47 Å². The van der Waals surface area contributed by atoms with Crippen molar-refractivity contribution in [2.75, 3.05) is 4.90 Å². The summed E-state index contributed by atoms with van der Waals surface area (Å²) in [5.41, 5.74) is 14.0. The number of nitrogens with zero attached hydrogens (tertiary/aromatic N) is 2. The first-order valence-electron chi connectivity index (χ1n) is 19.4. The molecule has 11 rings (SSSR count). The molecule has 0 aliphatic heterocycles. The molecule has 57 heavy (non-hydrogen) atoms. The number of anilines is 3. The van der Waals surface area contributed by atoms with Crippen molar-refractivity contribution in [2.45, 2.75) is 0 Å². The van der Waals surface area contributed by atoms with Gasteiger partial charge in [0.05, 0.1) is 16.7 Å². The minimum absolute atomic E-state index is 1.10. The van der Waals surface area contributed by atoms with Gasteiger partial charge in [-0.25, -0.2) is 0 Å². The third-order valence-corrected chi connectivity index (χ3v) is 12.3. The predicted octanol–water partition coefficient (Wildman–Crippen LogP) is 15.6. The van der Waals surface area contributed by atoms with E-state index in [0.717, 1.165) is 17.1 Å². The van der Waals surface area contributed by atoms with Crippen molar-refractivity contribution in [3.63, 3.8) is 0 Å². The first-order chi connectivity index (χ1) is 28.3. The molecule has 0 aliphatic carbocycles. The molecule has 2 heterocycles. The minimum Gasteiger partial charge on any atom is -0.310 e. The first-order valence-corrected chi connectivity index (χ1v) is 20.2. The fourth-order valence-electron chi connectivity index (χ4n) is 8.52. The predicted molar refractivity (Wildman–Crippen MR) is 245 cm³/mol. The number of benzene rings is 9. The summed E-state index contributed by atoms with van der Waals surface area (Å²) in [5.74, 6) is 0. The van der Waals surface area contributed by atoms with Gasteiger partial charge in [0.2, 0.25) is 0 Å². The molecule has 0 bridgehead atoms. The van der Waals surface area contributed by atoms with Crippen LogP contribution in [0, 0.1) is 0 Å². The number of para-hydroxylation sites is 3. The highest BCUT2D eigenvalue weighted by atomic mass is 32.1. The second kappa shape index (κ2) is 13.8. The standard InChI is InChI=1S/C54H36N2S/c1-3-15-37(16-4-1)38-17-13-18-39(33-38)40-19-14-22-43(34-40)55(42-20-5-2-6-21-42)50-26-10-7-23-45(50)41-29-31-52-48(35-41)46-24-8-11-27-51(46)56(52)44-30-32-54-49(36-44)47-25-9-12-28-53(47)57-54/h1-36H. The van der Waals surface area contributed by atoms with Gasteiger partial charge in [-0.1, -0.05) is 140 Å². The van der Waals surface area contributed by atoms with E-state index >= 15 is 0 Å². The summed E-state index contributed by atoms with van der Waals surface area (Å²) >= 11 is 1.86. The topological polar surface area (TPSA) is 8.17 Å². The van der Waals surface area contributed by atoms with Crippen LogP contribution in [0.3, 0.4) is 0 Å².